The summed E-state index contributed by atoms with van der Waals surface area (Å²) in [6.45, 7) is 0.0994. The van der Waals surface area contributed by atoms with Gasteiger partial charge in [0.2, 0.25) is 0 Å². The molecule has 0 aliphatic rings. The summed E-state index contributed by atoms with van der Waals surface area (Å²) in [5.41, 5.74) is -1.45. The van der Waals surface area contributed by atoms with Crippen LogP contribution in [0.25, 0.3) is 0 Å². The predicted octanol–water partition coefficient (Wildman–Crippen LogP) is 3.68. The molecule has 100 valence electrons. The third-order valence-corrected chi connectivity index (χ3v) is 2.99. The van der Waals surface area contributed by atoms with Gasteiger partial charge >= 0.3 is 6.18 Å². The van der Waals surface area contributed by atoms with Crippen molar-refractivity contribution in [3.8, 4) is 0 Å². The summed E-state index contributed by atoms with van der Waals surface area (Å²) < 4.78 is 39.4. The molecule has 6 heteroatoms. The molecule has 0 saturated heterocycles. The predicted molar refractivity (Wildman–Crippen MR) is 68.9 cm³/mol. The molecule has 0 aliphatic carbocycles. The highest BCUT2D eigenvalue weighted by Crippen LogP contribution is 2.28. The van der Waals surface area contributed by atoms with E-state index in [2.05, 4.69) is 15.9 Å². The van der Waals surface area contributed by atoms with Gasteiger partial charge in [0.25, 0.3) is 5.56 Å². The number of aromatic nitrogens is 1. The Labute approximate surface area is 115 Å². The number of rotatable bonds is 2. The lowest BCUT2D eigenvalue weighted by atomic mass is 10.2. The van der Waals surface area contributed by atoms with Gasteiger partial charge in [0.05, 0.1) is 6.54 Å². The molecule has 1 aromatic heterocycles. The van der Waals surface area contributed by atoms with Gasteiger partial charge < -0.3 is 4.57 Å². The molecule has 0 amide bonds. The lowest BCUT2D eigenvalue weighted by Gasteiger charge is -2.11. The summed E-state index contributed by atoms with van der Waals surface area (Å²) in [6.07, 6.45) is -3.30. The maximum absolute atomic E-state index is 12.7. The van der Waals surface area contributed by atoms with Crippen LogP contribution in [0.3, 0.4) is 0 Å². The first-order valence-corrected chi connectivity index (χ1v) is 6.18. The zero-order chi connectivity index (χ0) is 14.0. The van der Waals surface area contributed by atoms with E-state index in [4.69, 9.17) is 0 Å². The molecular formula is C13H9BrF3NO. The van der Waals surface area contributed by atoms with Crippen LogP contribution in [-0.4, -0.2) is 4.57 Å². The minimum absolute atomic E-state index is 0.0994. The van der Waals surface area contributed by atoms with Crippen molar-refractivity contribution in [2.75, 3.05) is 0 Å². The van der Waals surface area contributed by atoms with Crippen LogP contribution < -0.4 is 5.56 Å². The smallest absolute Gasteiger partial charge is 0.309 e. The van der Waals surface area contributed by atoms with Crippen molar-refractivity contribution < 1.29 is 13.2 Å². The third-order valence-electron chi connectivity index (χ3n) is 2.55. The molecule has 0 fully saturated rings. The van der Waals surface area contributed by atoms with Crippen LogP contribution >= 0.6 is 15.9 Å². The number of nitrogens with zero attached hydrogens (tertiary/aromatic N) is 1. The Hall–Kier alpha value is -1.56. The molecule has 0 aliphatic heterocycles. The molecule has 2 aromatic rings. The van der Waals surface area contributed by atoms with Crippen molar-refractivity contribution in [2.45, 2.75) is 12.7 Å². The molecule has 1 heterocycles. The lowest BCUT2D eigenvalue weighted by Crippen LogP contribution is -2.28. The fraction of sp³-hybridized carbons (Fsp3) is 0.154. The van der Waals surface area contributed by atoms with E-state index in [-0.39, 0.29) is 11.0 Å². The van der Waals surface area contributed by atoms with Crippen molar-refractivity contribution in [3.05, 3.63) is 68.5 Å². The fourth-order valence-corrected chi connectivity index (χ4v) is 2.18. The van der Waals surface area contributed by atoms with Gasteiger partial charge in [-0.05, 0) is 27.6 Å². The van der Waals surface area contributed by atoms with Gasteiger partial charge in [-0.2, -0.15) is 13.2 Å². The average Bonchev–Trinajstić information content (AvgIpc) is 2.33. The van der Waals surface area contributed by atoms with E-state index in [1.54, 1.807) is 30.3 Å². The first-order chi connectivity index (χ1) is 8.88. The van der Waals surface area contributed by atoms with Crippen LogP contribution in [-0.2, 0) is 12.7 Å². The molecule has 2 rings (SSSR count). The molecule has 0 unspecified atom stereocenters. The Balaban J connectivity index is 2.48. The van der Waals surface area contributed by atoms with Gasteiger partial charge in [-0.1, -0.05) is 30.3 Å². The lowest BCUT2D eigenvalue weighted by molar-refractivity contribution is -0.139. The summed E-state index contributed by atoms with van der Waals surface area (Å²) in [5.74, 6) is 0. The zero-order valence-corrected chi connectivity index (χ0v) is 11.2. The summed E-state index contributed by atoms with van der Waals surface area (Å²) in [5, 5.41) is 0. The number of hydrogen-bond acceptors (Lipinski definition) is 1. The van der Waals surface area contributed by atoms with E-state index in [1.807, 2.05) is 0 Å². The molecule has 0 radical (unpaired) electrons. The minimum atomic E-state index is -4.65. The summed E-state index contributed by atoms with van der Waals surface area (Å²) in [4.78, 5) is 11.8. The number of benzene rings is 1. The van der Waals surface area contributed by atoms with Gasteiger partial charge in [0.1, 0.15) is 5.56 Å². The second-order valence-corrected chi connectivity index (χ2v) is 4.90. The van der Waals surface area contributed by atoms with Gasteiger partial charge in [-0.3, -0.25) is 4.79 Å². The van der Waals surface area contributed by atoms with E-state index >= 15 is 0 Å². The Morgan fingerprint density at radius 2 is 1.79 bits per heavy atom. The number of pyridine rings is 1. The van der Waals surface area contributed by atoms with E-state index < -0.39 is 17.3 Å². The first kappa shape index (κ1) is 13.9. The van der Waals surface area contributed by atoms with Gasteiger partial charge in [-0.15, -0.1) is 0 Å². The molecule has 1 aromatic carbocycles. The molecule has 19 heavy (non-hydrogen) atoms. The van der Waals surface area contributed by atoms with Crippen LogP contribution in [0.5, 0.6) is 0 Å². The van der Waals surface area contributed by atoms with Crippen LogP contribution in [0, 0.1) is 0 Å². The van der Waals surface area contributed by atoms with Gasteiger partial charge in [-0.25, -0.2) is 0 Å². The van der Waals surface area contributed by atoms with E-state index in [0.717, 1.165) is 16.2 Å². The molecule has 0 N–H and O–H groups in total. The molecule has 2 nitrogen and oxygen atoms in total. The number of halogens is 4. The van der Waals surface area contributed by atoms with Crippen molar-refractivity contribution in [2.24, 2.45) is 0 Å². The highest BCUT2D eigenvalue weighted by molar-refractivity contribution is 9.10. The minimum Gasteiger partial charge on any atom is -0.309 e. The second-order valence-electron chi connectivity index (χ2n) is 3.99. The maximum Gasteiger partial charge on any atom is 0.421 e. The third kappa shape index (κ3) is 3.26. The first-order valence-electron chi connectivity index (χ1n) is 5.39. The monoisotopic (exact) mass is 331 g/mol. The van der Waals surface area contributed by atoms with Crippen molar-refractivity contribution in [3.63, 3.8) is 0 Å². The molecule has 0 saturated carbocycles. The summed E-state index contributed by atoms with van der Waals surface area (Å²) in [6, 6.07) is 9.63. The van der Waals surface area contributed by atoms with Gasteiger partial charge in [0.15, 0.2) is 0 Å². The van der Waals surface area contributed by atoms with E-state index in [9.17, 15) is 18.0 Å². The topological polar surface area (TPSA) is 22.0 Å². The number of alkyl halides is 3. The normalized spacial score (nSPS) is 11.6. The Morgan fingerprint density at radius 3 is 2.37 bits per heavy atom. The highest BCUT2D eigenvalue weighted by Gasteiger charge is 2.34. The molecule has 0 atom stereocenters. The molecular weight excluding hydrogens is 323 g/mol. The summed E-state index contributed by atoms with van der Waals surface area (Å²) >= 11 is 2.99. The summed E-state index contributed by atoms with van der Waals surface area (Å²) in [7, 11) is 0. The van der Waals surface area contributed by atoms with Crippen molar-refractivity contribution in [1.82, 2.24) is 4.57 Å². The molecule has 0 bridgehead atoms. The molecule has 0 spiro atoms. The van der Waals surface area contributed by atoms with Crippen LogP contribution in [0.15, 0.2) is 51.9 Å². The SMILES string of the molecule is O=c1c(C(F)(F)F)cc(Br)cn1Cc1ccccc1. The Morgan fingerprint density at radius 1 is 1.16 bits per heavy atom. The van der Waals surface area contributed by atoms with Crippen LogP contribution in [0.4, 0.5) is 13.2 Å². The van der Waals surface area contributed by atoms with Crippen LogP contribution in [0.2, 0.25) is 0 Å². The van der Waals surface area contributed by atoms with Crippen LogP contribution in [0.1, 0.15) is 11.1 Å². The second kappa shape index (κ2) is 5.21. The van der Waals surface area contributed by atoms with E-state index in [0.29, 0.717) is 0 Å². The zero-order valence-electron chi connectivity index (χ0n) is 9.62. The van der Waals surface area contributed by atoms with Crippen molar-refractivity contribution in [1.29, 1.82) is 0 Å². The van der Waals surface area contributed by atoms with E-state index in [1.165, 1.54) is 6.20 Å². The maximum atomic E-state index is 12.7. The average molecular weight is 332 g/mol. The van der Waals surface area contributed by atoms with Crippen molar-refractivity contribution >= 4 is 15.9 Å². The largest absolute Gasteiger partial charge is 0.421 e. The fourth-order valence-electron chi connectivity index (χ4n) is 1.70. The standard InChI is InChI=1S/C13H9BrF3NO/c14-10-6-11(13(15,16)17)12(19)18(8-10)7-9-4-2-1-3-5-9/h1-6,8H,7H2. The highest BCUT2D eigenvalue weighted by atomic mass is 79.9. The Bertz CT molecular complexity index is 635. The quantitative estimate of drug-likeness (QED) is 0.822. The number of hydrogen-bond donors (Lipinski definition) is 0. The van der Waals surface area contributed by atoms with Gasteiger partial charge in [0, 0.05) is 10.7 Å². The Kier molecular flexibility index (Phi) is 3.80.